The molecular weight excluding hydrogens is 411 g/mol. The van der Waals surface area contributed by atoms with Crippen LogP contribution in [-0.2, 0) is 18.5 Å². The van der Waals surface area contributed by atoms with Crippen molar-refractivity contribution in [1.29, 1.82) is 0 Å². The fourth-order valence-corrected chi connectivity index (χ4v) is 3.67. The van der Waals surface area contributed by atoms with Crippen molar-refractivity contribution in [3.8, 4) is 5.75 Å². The van der Waals surface area contributed by atoms with Gasteiger partial charge in [-0.1, -0.05) is 50.6 Å². The zero-order chi connectivity index (χ0) is 25.3. The Kier molecular flexibility index (Phi) is 11.0. The first kappa shape index (κ1) is 28.5. The molecule has 0 spiro atoms. The van der Waals surface area contributed by atoms with Crippen LogP contribution in [0.1, 0.15) is 101 Å². The molecule has 1 aromatic carbocycles. The number of alkyl halides is 1. The molecule has 0 N–H and O–H groups in total. The van der Waals surface area contributed by atoms with Crippen molar-refractivity contribution in [2.75, 3.05) is 6.61 Å². The Hall–Kier alpha value is -2.49. The lowest BCUT2D eigenvalue weighted by atomic mass is 9.93. The topological polar surface area (TPSA) is 35.0 Å². The fraction of sp³-hybridized carbons (Fsp3) is 0.517. The first-order chi connectivity index (χ1) is 15.4. The van der Waals surface area contributed by atoms with Crippen molar-refractivity contribution in [3.05, 3.63) is 63.8 Å². The van der Waals surface area contributed by atoms with Crippen LogP contribution in [0, 0.1) is 13.8 Å². The zero-order valence-electron chi connectivity index (χ0n) is 22.4. The second-order valence-corrected chi connectivity index (χ2v) is 9.07. The second-order valence-electron chi connectivity index (χ2n) is 9.07. The molecule has 0 saturated heterocycles. The molecule has 2 rings (SSSR count). The van der Waals surface area contributed by atoms with E-state index in [-0.39, 0.29) is 0 Å². The third-order valence-electron chi connectivity index (χ3n) is 5.14. The summed E-state index contributed by atoms with van der Waals surface area (Å²) in [7, 11) is 0. The van der Waals surface area contributed by atoms with Gasteiger partial charge in [0, 0.05) is 23.2 Å². The summed E-state index contributed by atoms with van der Waals surface area (Å²) in [5, 5.41) is 0. The number of hydrogen-bond acceptors (Lipinski definition) is 3. The average Bonchev–Trinajstić information content (AvgIpc) is 2.73. The van der Waals surface area contributed by atoms with Gasteiger partial charge in [-0.25, -0.2) is 14.4 Å². The highest BCUT2D eigenvalue weighted by atomic mass is 19.1. The van der Waals surface area contributed by atoms with Gasteiger partial charge in [0.15, 0.2) is 0 Å². The lowest BCUT2D eigenvalue weighted by Gasteiger charge is -2.23. The van der Waals surface area contributed by atoms with Crippen molar-refractivity contribution in [2.45, 2.75) is 94.2 Å². The molecule has 3 nitrogen and oxygen atoms in total. The van der Waals surface area contributed by atoms with Gasteiger partial charge in [0.2, 0.25) is 0 Å². The van der Waals surface area contributed by atoms with E-state index in [1.165, 1.54) is 5.57 Å². The molecule has 0 amide bonds. The molecule has 0 aliphatic carbocycles. The van der Waals surface area contributed by atoms with Crippen molar-refractivity contribution < 1.29 is 9.13 Å². The van der Waals surface area contributed by atoms with Crippen molar-refractivity contribution in [3.63, 3.8) is 0 Å². The second kappa shape index (κ2) is 12.7. The van der Waals surface area contributed by atoms with Crippen LogP contribution in [0.2, 0.25) is 0 Å². The van der Waals surface area contributed by atoms with E-state index < -0.39 is 5.67 Å². The van der Waals surface area contributed by atoms with E-state index in [4.69, 9.17) is 14.7 Å². The third-order valence-corrected chi connectivity index (χ3v) is 5.14. The van der Waals surface area contributed by atoms with Gasteiger partial charge in [0.05, 0.1) is 12.3 Å². The zero-order valence-corrected chi connectivity index (χ0v) is 22.4. The number of benzene rings is 1. The van der Waals surface area contributed by atoms with Gasteiger partial charge in [-0.3, -0.25) is 0 Å². The molecule has 182 valence electrons. The largest absolute Gasteiger partial charge is 0.493 e. The number of ether oxygens (including phenoxy) is 1. The van der Waals surface area contributed by atoms with Crippen LogP contribution < -0.4 is 4.74 Å². The Labute approximate surface area is 201 Å². The molecule has 0 fully saturated rings. The monoisotopic (exact) mass is 454 g/mol. The molecule has 0 bridgehead atoms. The SMILES string of the molecule is C=C(C)c1nc(CCCOc2c(CC)cc(C)cc2C(C)(C)F)nc(C)c1C=C(C)C.CC. The van der Waals surface area contributed by atoms with E-state index in [1.54, 1.807) is 13.8 Å². The highest BCUT2D eigenvalue weighted by molar-refractivity contribution is 5.71. The molecule has 0 aliphatic heterocycles. The summed E-state index contributed by atoms with van der Waals surface area (Å²) < 4.78 is 21.0. The molecule has 1 aromatic heterocycles. The van der Waals surface area contributed by atoms with Crippen molar-refractivity contribution in [1.82, 2.24) is 9.97 Å². The maximum Gasteiger partial charge on any atom is 0.134 e. The molecular formula is C29H43FN2O. The quantitative estimate of drug-likeness (QED) is 0.357. The van der Waals surface area contributed by atoms with E-state index in [0.29, 0.717) is 24.3 Å². The van der Waals surface area contributed by atoms with Gasteiger partial charge >= 0.3 is 0 Å². The summed E-state index contributed by atoms with van der Waals surface area (Å²) >= 11 is 0. The van der Waals surface area contributed by atoms with Crippen LogP contribution in [0.5, 0.6) is 5.75 Å². The molecule has 0 atom stereocenters. The van der Waals surface area contributed by atoms with Crippen LogP contribution in [0.3, 0.4) is 0 Å². The lowest BCUT2D eigenvalue weighted by Crippen LogP contribution is -2.15. The van der Waals surface area contributed by atoms with E-state index in [9.17, 15) is 4.39 Å². The van der Waals surface area contributed by atoms with Gasteiger partial charge < -0.3 is 4.74 Å². The van der Waals surface area contributed by atoms with E-state index in [0.717, 1.165) is 52.3 Å². The first-order valence-electron chi connectivity index (χ1n) is 12.1. The van der Waals surface area contributed by atoms with E-state index in [1.807, 2.05) is 40.7 Å². The van der Waals surface area contributed by atoms with Crippen molar-refractivity contribution >= 4 is 11.6 Å². The number of aryl methyl sites for hydroxylation is 4. The van der Waals surface area contributed by atoms with E-state index in [2.05, 4.69) is 39.5 Å². The maximum atomic E-state index is 14.8. The van der Waals surface area contributed by atoms with Crippen LogP contribution >= 0.6 is 0 Å². The van der Waals surface area contributed by atoms with Gasteiger partial charge in [-0.15, -0.1) is 0 Å². The van der Waals surface area contributed by atoms with E-state index >= 15 is 0 Å². The normalized spacial score (nSPS) is 10.9. The highest BCUT2D eigenvalue weighted by Gasteiger charge is 2.25. The van der Waals surface area contributed by atoms with Crippen LogP contribution in [0.25, 0.3) is 11.6 Å². The average molecular weight is 455 g/mol. The summed E-state index contributed by atoms with van der Waals surface area (Å²) in [6, 6.07) is 3.97. The Bertz CT molecular complexity index is 980. The molecule has 0 unspecified atom stereocenters. The smallest absolute Gasteiger partial charge is 0.134 e. The lowest BCUT2D eigenvalue weighted by molar-refractivity contribution is 0.206. The molecule has 2 aromatic rings. The summed E-state index contributed by atoms with van der Waals surface area (Å²) in [5.41, 5.74) is 6.28. The summed E-state index contributed by atoms with van der Waals surface area (Å²) in [5.74, 6) is 1.47. The minimum Gasteiger partial charge on any atom is -0.493 e. The Balaban J connectivity index is 0.00000265. The molecule has 0 radical (unpaired) electrons. The summed E-state index contributed by atoms with van der Waals surface area (Å²) in [6.45, 7) is 23.9. The minimum atomic E-state index is -1.46. The Morgan fingerprint density at radius 1 is 1.12 bits per heavy atom. The molecule has 33 heavy (non-hydrogen) atoms. The van der Waals surface area contributed by atoms with Gasteiger partial charge in [0.25, 0.3) is 0 Å². The van der Waals surface area contributed by atoms with Gasteiger partial charge in [0.1, 0.15) is 17.2 Å². The summed E-state index contributed by atoms with van der Waals surface area (Å²) in [4.78, 5) is 9.47. The molecule has 4 heteroatoms. The van der Waals surface area contributed by atoms with Gasteiger partial charge in [-0.2, -0.15) is 0 Å². The molecule has 0 aliphatic rings. The van der Waals surface area contributed by atoms with Crippen molar-refractivity contribution in [2.24, 2.45) is 0 Å². The number of hydrogen-bond donors (Lipinski definition) is 0. The fourth-order valence-electron chi connectivity index (χ4n) is 3.67. The number of rotatable bonds is 9. The third kappa shape index (κ3) is 8.10. The number of nitrogens with zero attached hydrogens (tertiary/aromatic N) is 2. The maximum absolute atomic E-state index is 14.8. The standard InChI is InChI=1S/C27H37FN2O.C2H6/c1-10-21-15-19(6)16-23(27(8,9)28)26(21)31-13-11-12-24-29-20(7)22(14-17(2)3)25(30-24)18(4)5;1-2/h14-16H,4,10-13H2,1-3,5-9H3;1-2H3. The van der Waals surface area contributed by atoms with Crippen LogP contribution in [0.4, 0.5) is 4.39 Å². The number of aromatic nitrogens is 2. The Morgan fingerprint density at radius 2 is 1.76 bits per heavy atom. The van der Waals surface area contributed by atoms with Gasteiger partial charge in [-0.05, 0) is 78.5 Å². The van der Waals surface area contributed by atoms with Crippen LogP contribution in [-0.4, -0.2) is 16.6 Å². The first-order valence-corrected chi connectivity index (χ1v) is 12.1. The number of halogens is 1. The highest BCUT2D eigenvalue weighted by Crippen LogP contribution is 2.37. The number of allylic oxidation sites excluding steroid dienone is 2. The Morgan fingerprint density at radius 3 is 2.27 bits per heavy atom. The predicted molar refractivity (Wildman–Crippen MR) is 141 cm³/mol. The predicted octanol–water partition coefficient (Wildman–Crippen LogP) is 8.35. The minimum absolute atomic E-state index is 0.486. The molecule has 1 heterocycles. The molecule has 0 saturated carbocycles. The van der Waals surface area contributed by atoms with Crippen LogP contribution in [0.15, 0.2) is 24.3 Å². The summed E-state index contributed by atoms with van der Waals surface area (Å²) in [6.07, 6.45) is 4.35.